The van der Waals surface area contributed by atoms with Crippen LogP contribution in [0.25, 0.3) is 11.1 Å². The van der Waals surface area contributed by atoms with Crippen LogP contribution in [0, 0.1) is 0 Å². The van der Waals surface area contributed by atoms with E-state index in [1.807, 2.05) is 0 Å². The Bertz CT molecular complexity index is 530. The Hall–Kier alpha value is -1.64. The Kier molecular flexibility index (Phi) is 4.46. The SMILES string of the molecule is c1ccc(-c2cccc(CCN3CCNCC3)c2)cc1. The number of piperazine rings is 1. The summed E-state index contributed by atoms with van der Waals surface area (Å²) in [5.74, 6) is 0. The lowest BCUT2D eigenvalue weighted by atomic mass is 10.0. The van der Waals surface area contributed by atoms with E-state index in [1.165, 1.54) is 36.3 Å². The monoisotopic (exact) mass is 266 g/mol. The molecular weight excluding hydrogens is 244 g/mol. The van der Waals surface area contributed by atoms with Gasteiger partial charge in [0.1, 0.15) is 0 Å². The zero-order chi connectivity index (χ0) is 13.6. The average molecular weight is 266 g/mol. The molecule has 104 valence electrons. The molecule has 0 saturated carbocycles. The van der Waals surface area contributed by atoms with Gasteiger partial charge in [-0.15, -0.1) is 0 Å². The van der Waals surface area contributed by atoms with Crippen molar-refractivity contribution in [3.63, 3.8) is 0 Å². The standard InChI is InChI=1S/C18H22N2/c1-2-6-17(7-3-1)18-8-4-5-16(15-18)9-12-20-13-10-19-11-14-20/h1-8,15,19H,9-14H2. The minimum absolute atomic E-state index is 1.13. The van der Waals surface area contributed by atoms with Gasteiger partial charge >= 0.3 is 0 Å². The van der Waals surface area contributed by atoms with E-state index in [4.69, 9.17) is 0 Å². The Labute approximate surface area is 121 Å². The van der Waals surface area contributed by atoms with Crippen LogP contribution in [0.5, 0.6) is 0 Å². The van der Waals surface area contributed by atoms with Crippen LogP contribution in [-0.4, -0.2) is 37.6 Å². The first-order valence-electron chi connectivity index (χ1n) is 7.49. The number of nitrogens with one attached hydrogen (secondary N) is 1. The first-order valence-corrected chi connectivity index (χ1v) is 7.49. The molecule has 0 radical (unpaired) electrons. The molecule has 2 aromatic carbocycles. The van der Waals surface area contributed by atoms with Gasteiger partial charge in [0.25, 0.3) is 0 Å². The number of benzene rings is 2. The molecule has 0 spiro atoms. The largest absolute Gasteiger partial charge is 0.314 e. The van der Waals surface area contributed by atoms with Crippen molar-refractivity contribution in [1.29, 1.82) is 0 Å². The quantitative estimate of drug-likeness (QED) is 0.915. The summed E-state index contributed by atoms with van der Waals surface area (Å²) >= 11 is 0. The second-order valence-electron chi connectivity index (χ2n) is 5.41. The lowest BCUT2D eigenvalue weighted by molar-refractivity contribution is 0.244. The summed E-state index contributed by atoms with van der Waals surface area (Å²) in [5.41, 5.74) is 4.06. The summed E-state index contributed by atoms with van der Waals surface area (Å²) in [6, 6.07) is 19.6. The fourth-order valence-corrected chi connectivity index (χ4v) is 2.76. The van der Waals surface area contributed by atoms with Gasteiger partial charge in [-0.3, -0.25) is 0 Å². The molecule has 0 unspecified atom stereocenters. The van der Waals surface area contributed by atoms with Crippen molar-refractivity contribution in [2.24, 2.45) is 0 Å². The summed E-state index contributed by atoms with van der Waals surface area (Å²) in [6.45, 7) is 5.78. The highest BCUT2D eigenvalue weighted by Gasteiger charge is 2.09. The molecule has 3 rings (SSSR count). The number of nitrogens with zero attached hydrogens (tertiary/aromatic N) is 1. The number of rotatable bonds is 4. The number of hydrogen-bond donors (Lipinski definition) is 1. The van der Waals surface area contributed by atoms with Crippen LogP contribution in [0.1, 0.15) is 5.56 Å². The predicted molar refractivity (Wildman–Crippen MR) is 84.9 cm³/mol. The summed E-state index contributed by atoms with van der Waals surface area (Å²) in [5, 5.41) is 3.40. The van der Waals surface area contributed by atoms with E-state index in [1.54, 1.807) is 0 Å². The van der Waals surface area contributed by atoms with Crippen molar-refractivity contribution in [3.05, 3.63) is 60.2 Å². The molecule has 1 aliphatic heterocycles. The van der Waals surface area contributed by atoms with E-state index in [0.29, 0.717) is 0 Å². The molecule has 2 heteroatoms. The van der Waals surface area contributed by atoms with E-state index < -0.39 is 0 Å². The molecule has 0 amide bonds. The zero-order valence-electron chi connectivity index (χ0n) is 11.9. The van der Waals surface area contributed by atoms with Crippen molar-refractivity contribution >= 4 is 0 Å². The summed E-state index contributed by atoms with van der Waals surface area (Å²) in [6.07, 6.45) is 1.14. The molecule has 1 fully saturated rings. The van der Waals surface area contributed by atoms with Crippen molar-refractivity contribution in [2.45, 2.75) is 6.42 Å². The average Bonchev–Trinajstić information content (AvgIpc) is 2.55. The van der Waals surface area contributed by atoms with Crippen LogP contribution >= 0.6 is 0 Å². The molecule has 1 aliphatic rings. The van der Waals surface area contributed by atoms with Gasteiger partial charge in [0.2, 0.25) is 0 Å². The molecule has 1 saturated heterocycles. The third kappa shape index (κ3) is 3.47. The van der Waals surface area contributed by atoms with Crippen LogP contribution in [0.3, 0.4) is 0 Å². The maximum absolute atomic E-state index is 3.40. The van der Waals surface area contributed by atoms with Gasteiger partial charge in [-0.05, 0) is 23.1 Å². The lowest BCUT2D eigenvalue weighted by Crippen LogP contribution is -2.44. The maximum Gasteiger partial charge on any atom is 0.0108 e. The Morgan fingerprint density at radius 2 is 1.60 bits per heavy atom. The van der Waals surface area contributed by atoms with Crippen LogP contribution in [0.2, 0.25) is 0 Å². The van der Waals surface area contributed by atoms with E-state index in [2.05, 4.69) is 64.8 Å². The van der Waals surface area contributed by atoms with Gasteiger partial charge in [-0.1, -0.05) is 54.6 Å². The van der Waals surface area contributed by atoms with E-state index in [9.17, 15) is 0 Å². The smallest absolute Gasteiger partial charge is 0.0108 e. The van der Waals surface area contributed by atoms with Gasteiger partial charge < -0.3 is 10.2 Å². The maximum atomic E-state index is 3.40. The molecule has 0 aromatic heterocycles. The molecule has 2 aromatic rings. The van der Waals surface area contributed by atoms with E-state index in [-0.39, 0.29) is 0 Å². The molecule has 0 bridgehead atoms. The van der Waals surface area contributed by atoms with Crippen LogP contribution in [0.15, 0.2) is 54.6 Å². The van der Waals surface area contributed by atoms with E-state index in [0.717, 1.165) is 19.5 Å². The summed E-state index contributed by atoms with van der Waals surface area (Å²) in [7, 11) is 0. The molecule has 20 heavy (non-hydrogen) atoms. The second kappa shape index (κ2) is 6.69. The van der Waals surface area contributed by atoms with Gasteiger partial charge in [-0.2, -0.15) is 0 Å². The Balaban J connectivity index is 1.65. The van der Waals surface area contributed by atoms with Crippen LogP contribution in [-0.2, 0) is 6.42 Å². The first kappa shape index (κ1) is 13.3. The highest BCUT2D eigenvalue weighted by molar-refractivity contribution is 5.63. The molecule has 0 aliphatic carbocycles. The van der Waals surface area contributed by atoms with Crippen molar-refractivity contribution < 1.29 is 0 Å². The second-order valence-corrected chi connectivity index (χ2v) is 5.41. The zero-order valence-corrected chi connectivity index (χ0v) is 11.9. The molecule has 1 N–H and O–H groups in total. The molecular formula is C18H22N2. The van der Waals surface area contributed by atoms with Crippen molar-refractivity contribution in [1.82, 2.24) is 10.2 Å². The molecule has 0 atom stereocenters. The number of hydrogen-bond acceptors (Lipinski definition) is 2. The minimum Gasteiger partial charge on any atom is -0.314 e. The third-order valence-corrected chi connectivity index (χ3v) is 3.96. The molecule has 2 nitrogen and oxygen atoms in total. The van der Waals surface area contributed by atoms with Crippen molar-refractivity contribution in [2.75, 3.05) is 32.7 Å². The fraction of sp³-hybridized carbons (Fsp3) is 0.333. The highest BCUT2D eigenvalue weighted by atomic mass is 15.2. The lowest BCUT2D eigenvalue weighted by Gasteiger charge is -2.27. The van der Waals surface area contributed by atoms with Gasteiger partial charge in [0.15, 0.2) is 0 Å². The minimum atomic E-state index is 1.13. The van der Waals surface area contributed by atoms with Crippen LogP contribution < -0.4 is 5.32 Å². The highest BCUT2D eigenvalue weighted by Crippen LogP contribution is 2.20. The van der Waals surface area contributed by atoms with Crippen molar-refractivity contribution in [3.8, 4) is 11.1 Å². The predicted octanol–water partition coefficient (Wildman–Crippen LogP) is 2.80. The first-order chi connectivity index (χ1) is 9.92. The topological polar surface area (TPSA) is 15.3 Å². The third-order valence-electron chi connectivity index (χ3n) is 3.96. The Morgan fingerprint density at radius 3 is 2.40 bits per heavy atom. The van der Waals surface area contributed by atoms with Crippen LogP contribution in [0.4, 0.5) is 0 Å². The summed E-state index contributed by atoms with van der Waals surface area (Å²) in [4.78, 5) is 2.55. The fourth-order valence-electron chi connectivity index (χ4n) is 2.76. The normalized spacial score (nSPS) is 16.2. The molecule has 1 heterocycles. The van der Waals surface area contributed by atoms with Gasteiger partial charge in [0, 0.05) is 32.7 Å². The summed E-state index contributed by atoms with van der Waals surface area (Å²) < 4.78 is 0. The van der Waals surface area contributed by atoms with Gasteiger partial charge in [0.05, 0.1) is 0 Å². The van der Waals surface area contributed by atoms with E-state index >= 15 is 0 Å². The Morgan fingerprint density at radius 1 is 0.850 bits per heavy atom. The van der Waals surface area contributed by atoms with Gasteiger partial charge in [-0.25, -0.2) is 0 Å².